The Labute approximate surface area is 168 Å². The Hall–Kier alpha value is -3.19. The lowest BCUT2D eigenvalue weighted by molar-refractivity contribution is 0.136. The molecule has 5 rings (SSSR count). The number of piperidine rings is 1. The summed E-state index contributed by atoms with van der Waals surface area (Å²) in [6.07, 6.45) is 6.92. The third-order valence-electron chi connectivity index (χ3n) is 5.96. The van der Waals surface area contributed by atoms with Crippen LogP contribution in [0, 0.1) is 18.3 Å². The van der Waals surface area contributed by atoms with E-state index >= 15 is 0 Å². The topological polar surface area (TPSA) is 134 Å². The molecule has 0 aromatic carbocycles. The number of nitrogens with one attached hydrogen (secondary N) is 4. The van der Waals surface area contributed by atoms with Crippen molar-refractivity contribution in [2.45, 2.75) is 57.2 Å². The number of aromatic nitrogens is 6. The van der Waals surface area contributed by atoms with Gasteiger partial charge in [0.05, 0.1) is 17.7 Å². The molecule has 0 aliphatic carbocycles. The van der Waals surface area contributed by atoms with Gasteiger partial charge in [0.2, 0.25) is 5.95 Å². The van der Waals surface area contributed by atoms with Crippen LogP contribution in [-0.2, 0) is 0 Å². The van der Waals surface area contributed by atoms with Crippen molar-refractivity contribution in [2.24, 2.45) is 0 Å². The number of nitrogens with zero attached hydrogens (tertiary/aromatic N) is 6. The van der Waals surface area contributed by atoms with Crippen LogP contribution in [0.1, 0.15) is 37.8 Å². The van der Waals surface area contributed by atoms with E-state index in [1.807, 2.05) is 13.0 Å². The van der Waals surface area contributed by atoms with E-state index in [0.717, 1.165) is 36.3 Å². The molecule has 10 heteroatoms. The molecule has 4 N–H and O–H groups in total. The maximum atomic E-state index is 8.93. The zero-order chi connectivity index (χ0) is 19.8. The molecule has 2 saturated heterocycles. The smallest absolute Gasteiger partial charge is 0.232 e. The molecule has 5 heterocycles. The normalized spacial score (nSPS) is 23.9. The molecule has 2 fully saturated rings. The van der Waals surface area contributed by atoms with E-state index in [4.69, 9.17) is 10.2 Å². The van der Waals surface area contributed by atoms with E-state index in [-0.39, 0.29) is 0 Å². The fourth-order valence-corrected chi connectivity index (χ4v) is 4.73. The van der Waals surface area contributed by atoms with Gasteiger partial charge in [0, 0.05) is 42.9 Å². The summed E-state index contributed by atoms with van der Waals surface area (Å²) in [5.41, 5.74) is 1.65. The Morgan fingerprint density at radius 2 is 2.07 bits per heavy atom. The predicted octanol–water partition coefficient (Wildman–Crippen LogP) is 2.45. The number of hydrogen-bond donors (Lipinski definition) is 4. The van der Waals surface area contributed by atoms with E-state index in [1.165, 1.54) is 12.8 Å². The van der Waals surface area contributed by atoms with E-state index in [1.54, 1.807) is 6.20 Å². The van der Waals surface area contributed by atoms with Crippen LogP contribution in [0.25, 0.3) is 11.0 Å². The molecule has 2 aliphatic rings. The first kappa shape index (κ1) is 17.9. The van der Waals surface area contributed by atoms with Crippen molar-refractivity contribution < 1.29 is 0 Å². The van der Waals surface area contributed by atoms with E-state index in [9.17, 15) is 0 Å². The lowest BCUT2D eigenvalue weighted by atomic mass is 9.97. The monoisotopic (exact) mass is 392 g/mol. The number of rotatable bonds is 6. The largest absolute Gasteiger partial charge is 0.366 e. The zero-order valence-corrected chi connectivity index (χ0v) is 16.3. The standard InChI is InChI=1S/C19H24N10/c1-11-7-16(27-26-11)23-19-24-17(15-10-21-28-18(15)25-19)22-12-8-13-3-4-14(9-12)29(13)6-2-5-20/h7,10,12-14H,2-4,6,8-9H2,1H3,(H4,21,22,23,24,25,26,27,28)/t12?,13-,14+. The predicted molar refractivity (Wildman–Crippen MR) is 109 cm³/mol. The minimum Gasteiger partial charge on any atom is -0.366 e. The summed E-state index contributed by atoms with van der Waals surface area (Å²) in [5, 5.41) is 30.8. The third-order valence-corrected chi connectivity index (χ3v) is 5.96. The Balaban J connectivity index is 1.35. The van der Waals surface area contributed by atoms with Crippen LogP contribution in [0.3, 0.4) is 0 Å². The highest BCUT2D eigenvalue weighted by atomic mass is 15.3. The highest BCUT2D eigenvalue weighted by Crippen LogP contribution is 2.37. The van der Waals surface area contributed by atoms with Gasteiger partial charge in [0.15, 0.2) is 11.5 Å². The number of hydrogen-bond acceptors (Lipinski definition) is 8. The van der Waals surface area contributed by atoms with E-state index in [0.29, 0.717) is 42.0 Å². The van der Waals surface area contributed by atoms with Crippen LogP contribution in [0.4, 0.5) is 17.6 Å². The summed E-state index contributed by atoms with van der Waals surface area (Å²) in [6.45, 7) is 2.83. The Morgan fingerprint density at radius 3 is 2.79 bits per heavy atom. The second-order valence-corrected chi connectivity index (χ2v) is 7.93. The fraction of sp³-hybridized carbons (Fsp3) is 0.526. The van der Waals surface area contributed by atoms with Crippen molar-refractivity contribution in [1.82, 2.24) is 35.3 Å². The van der Waals surface area contributed by atoms with Gasteiger partial charge in [-0.3, -0.25) is 15.1 Å². The molecule has 2 bridgehead atoms. The molecular weight excluding hydrogens is 368 g/mol. The maximum Gasteiger partial charge on any atom is 0.232 e. The van der Waals surface area contributed by atoms with Crippen LogP contribution in [0.5, 0.6) is 0 Å². The molecule has 0 saturated carbocycles. The maximum absolute atomic E-state index is 8.93. The van der Waals surface area contributed by atoms with Gasteiger partial charge in [-0.2, -0.15) is 25.4 Å². The number of fused-ring (bicyclic) bond motifs is 3. The number of anilines is 3. The lowest BCUT2D eigenvalue weighted by Crippen LogP contribution is -2.47. The summed E-state index contributed by atoms with van der Waals surface area (Å²) >= 11 is 0. The van der Waals surface area contributed by atoms with Crippen LogP contribution in [0.15, 0.2) is 12.3 Å². The van der Waals surface area contributed by atoms with Crippen molar-refractivity contribution in [1.29, 1.82) is 5.26 Å². The number of aryl methyl sites for hydroxylation is 1. The van der Waals surface area contributed by atoms with Crippen LogP contribution in [0.2, 0.25) is 0 Å². The van der Waals surface area contributed by atoms with Gasteiger partial charge in [0.25, 0.3) is 0 Å². The van der Waals surface area contributed by atoms with Crippen molar-refractivity contribution >= 4 is 28.6 Å². The average Bonchev–Trinajstić information content (AvgIpc) is 3.39. The second-order valence-electron chi connectivity index (χ2n) is 7.93. The van der Waals surface area contributed by atoms with Crippen molar-refractivity contribution in [3.8, 4) is 6.07 Å². The van der Waals surface area contributed by atoms with E-state index in [2.05, 4.69) is 47.0 Å². The second kappa shape index (κ2) is 7.33. The number of nitriles is 1. The molecule has 10 nitrogen and oxygen atoms in total. The minimum absolute atomic E-state index is 0.347. The molecule has 3 atom stereocenters. The molecule has 3 aromatic rings. The summed E-state index contributed by atoms with van der Waals surface area (Å²) < 4.78 is 0. The van der Waals surface area contributed by atoms with Gasteiger partial charge < -0.3 is 10.6 Å². The van der Waals surface area contributed by atoms with Crippen LogP contribution < -0.4 is 10.6 Å². The minimum atomic E-state index is 0.347. The number of aromatic amines is 2. The summed E-state index contributed by atoms with van der Waals surface area (Å²) in [4.78, 5) is 11.7. The Kier molecular flexibility index (Phi) is 4.52. The fourth-order valence-electron chi connectivity index (χ4n) is 4.73. The van der Waals surface area contributed by atoms with Crippen molar-refractivity contribution in [3.05, 3.63) is 18.0 Å². The highest BCUT2D eigenvalue weighted by molar-refractivity contribution is 5.87. The highest BCUT2D eigenvalue weighted by Gasteiger charge is 2.40. The SMILES string of the molecule is Cc1cc(Nc2nc(NC3C[C@H]4CC[C@@H](C3)N4CCC#N)c3cn[nH]c3n2)n[nH]1. The zero-order valence-electron chi connectivity index (χ0n) is 16.3. The first-order chi connectivity index (χ1) is 14.2. The molecule has 0 spiro atoms. The molecule has 150 valence electrons. The molecule has 2 aliphatic heterocycles. The van der Waals surface area contributed by atoms with Gasteiger partial charge in [-0.05, 0) is 32.6 Å². The summed E-state index contributed by atoms with van der Waals surface area (Å²) in [7, 11) is 0. The quantitative estimate of drug-likeness (QED) is 0.502. The molecule has 0 amide bonds. The Bertz CT molecular complexity index is 1030. The number of H-pyrrole nitrogens is 2. The Morgan fingerprint density at radius 1 is 1.24 bits per heavy atom. The van der Waals surface area contributed by atoms with Gasteiger partial charge >= 0.3 is 0 Å². The molecule has 29 heavy (non-hydrogen) atoms. The first-order valence-electron chi connectivity index (χ1n) is 10.1. The van der Waals surface area contributed by atoms with Gasteiger partial charge in [0.1, 0.15) is 5.82 Å². The lowest BCUT2D eigenvalue weighted by Gasteiger charge is -2.39. The van der Waals surface area contributed by atoms with Gasteiger partial charge in [-0.1, -0.05) is 0 Å². The van der Waals surface area contributed by atoms with Crippen LogP contribution >= 0.6 is 0 Å². The van der Waals surface area contributed by atoms with Crippen molar-refractivity contribution in [3.63, 3.8) is 0 Å². The third kappa shape index (κ3) is 3.49. The molecule has 1 unspecified atom stereocenters. The average molecular weight is 392 g/mol. The van der Waals surface area contributed by atoms with Crippen LogP contribution in [-0.4, -0.2) is 59.9 Å². The summed E-state index contributed by atoms with van der Waals surface area (Å²) in [5.74, 6) is 1.94. The van der Waals surface area contributed by atoms with Crippen molar-refractivity contribution in [2.75, 3.05) is 17.2 Å². The molecule has 0 radical (unpaired) electrons. The van der Waals surface area contributed by atoms with Gasteiger partial charge in [-0.25, -0.2) is 0 Å². The molecule has 3 aromatic heterocycles. The van der Waals surface area contributed by atoms with Gasteiger partial charge in [-0.15, -0.1) is 0 Å². The van der Waals surface area contributed by atoms with E-state index < -0.39 is 0 Å². The summed E-state index contributed by atoms with van der Waals surface area (Å²) in [6, 6.07) is 5.63. The first-order valence-corrected chi connectivity index (χ1v) is 10.1. The molecular formula is C19H24N10.